The number of rotatable bonds is 0. The highest BCUT2D eigenvalue weighted by Crippen LogP contribution is 2.12. The first-order chi connectivity index (χ1) is 6.27. The molecular formula is C11H16N2. The quantitative estimate of drug-likeness (QED) is 0.633. The van der Waals surface area contributed by atoms with Crippen molar-refractivity contribution in [2.24, 2.45) is 0 Å². The molecule has 0 saturated carbocycles. The molecule has 0 aliphatic rings. The van der Waals surface area contributed by atoms with Gasteiger partial charge in [-0.2, -0.15) is 0 Å². The Balaban J connectivity index is 0.000000251. The summed E-state index contributed by atoms with van der Waals surface area (Å²) in [6.45, 7) is 2.07. The molecule has 1 heterocycles. The van der Waals surface area contributed by atoms with E-state index in [-0.39, 0.29) is 0 Å². The van der Waals surface area contributed by atoms with Gasteiger partial charge in [0.15, 0.2) is 0 Å². The average Bonchev–Trinajstić information content (AvgIpc) is 2.45. The molecule has 1 aromatic heterocycles. The van der Waals surface area contributed by atoms with Crippen molar-refractivity contribution in [2.75, 3.05) is 14.1 Å². The Morgan fingerprint density at radius 2 is 1.77 bits per heavy atom. The van der Waals surface area contributed by atoms with Crippen molar-refractivity contribution < 1.29 is 0 Å². The molecule has 13 heavy (non-hydrogen) atoms. The van der Waals surface area contributed by atoms with Crippen LogP contribution in [-0.2, 0) is 0 Å². The lowest BCUT2D eigenvalue weighted by Crippen LogP contribution is -1.89. The second kappa shape index (κ2) is 4.67. The van der Waals surface area contributed by atoms with E-state index in [4.69, 9.17) is 0 Å². The van der Waals surface area contributed by atoms with Crippen molar-refractivity contribution in [1.29, 1.82) is 0 Å². The zero-order valence-electron chi connectivity index (χ0n) is 8.39. The van der Waals surface area contributed by atoms with E-state index in [0.717, 1.165) is 0 Å². The fourth-order valence-corrected chi connectivity index (χ4v) is 1.22. The lowest BCUT2D eigenvalue weighted by Gasteiger charge is -1.83. The highest BCUT2D eigenvalue weighted by atomic mass is 14.7. The first-order valence-electron chi connectivity index (χ1n) is 4.40. The molecule has 0 atom stereocenters. The molecule has 2 nitrogen and oxygen atoms in total. The molecule has 0 aliphatic heterocycles. The zero-order chi connectivity index (χ0) is 9.68. The number of H-pyrrole nitrogens is 1. The van der Waals surface area contributed by atoms with E-state index in [2.05, 4.69) is 41.5 Å². The minimum Gasteiger partial charge on any atom is -0.359 e. The summed E-state index contributed by atoms with van der Waals surface area (Å²) >= 11 is 0. The Morgan fingerprint density at radius 1 is 1.15 bits per heavy atom. The average molecular weight is 176 g/mol. The van der Waals surface area contributed by atoms with Crippen LogP contribution in [0.25, 0.3) is 10.9 Å². The van der Waals surface area contributed by atoms with Gasteiger partial charge in [-0.15, -0.1) is 0 Å². The van der Waals surface area contributed by atoms with Crippen LogP contribution in [0.4, 0.5) is 0 Å². The molecule has 2 rings (SSSR count). The number of aromatic nitrogens is 1. The van der Waals surface area contributed by atoms with Gasteiger partial charge in [-0.3, -0.25) is 0 Å². The van der Waals surface area contributed by atoms with Gasteiger partial charge in [0.25, 0.3) is 0 Å². The molecule has 0 amide bonds. The maximum absolute atomic E-state index is 3.26. The SMILES string of the molecule is CNC.Cc1cc2ccccc2[nH]1. The molecular weight excluding hydrogens is 160 g/mol. The highest BCUT2D eigenvalue weighted by Gasteiger charge is 1.92. The third kappa shape index (κ3) is 2.60. The van der Waals surface area contributed by atoms with Crippen molar-refractivity contribution in [1.82, 2.24) is 10.3 Å². The van der Waals surface area contributed by atoms with Gasteiger partial charge in [-0.25, -0.2) is 0 Å². The molecule has 0 unspecified atom stereocenters. The number of aromatic amines is 1. The number of para-hydroxylation sites is 1. The van der Waals surface area contributed by atoms with Gasteiger partial charge < -0.3 is 10.3 Å². The van der Waals surface area contributed by atoms with Gasteiger partial charge in [0.2, 0.25) is 0 Å². The topological polar surface area (TPSA) is 27.8 Å². The van der Waals surface area contributed by atoms with E-state index in [9.17, 15) is 0 Å². The zero-order valence-corrected chi connectivity index (χ0v) is 8.39. The fourth-order valence-electron chi connectivity index (χ4n) is 1.22. The Morgan fingerprint density at radius 3 is 2.38 bits per heavy atom. The minimum absolute atomic E-state index is 1.22. The van der Waals surface area contributed by atoms with E-state index in [1.165, 1.54) is 16.6 Å². The first kappa shape index (κ1) is 9.81. The normalized spacial score (nSPS) is 9.46. The molecule has 0 spiro atoms. The molecule has 2 aromatic rings. The second-order valence-electron chi connectivity index (χ2n) is 3.04. The number of nitrogens with one attached hydrogen (secondary N) is 2. The predicted molar refractivity (Wildman–Crippen MR) is 58.0 cm³/mol. The van der Waals surface area contributed by atoms with Crippen LogP contribution in [0.3, 0.4) is 0 Å². The maximum Gasteiger partial charge on any atom is 0.0455 e. The summed E-state index contributed by atoms with van der Waals surface area (Å²) in [5, 5.41) is 4.04. The first-order valence-corrected chi connectivity index (χ1v) is 4.40. The van der Waals surface area contributed by atoms with Gasteiger partial charge in [0.05, 0.1) is 0 Å². The van der Waals surface area contributed by atoms with Crippen LogP contribution in [0, 0.1) is 6.92 Å². The summed E-state index contributed by atoms with van der Waals surface area (Å²) in [6.07, 6.45) is 0. The molecule has 2 heteroatoms. The van der Waals surface area contributed by atoms with Crippen LogP contribution in [0.2, 0.25) is 0 Å². The maximum atomic E-state index is 3.26. The van der Waals surface area contributed by atoms with E-state index in [1.807, 2.05) is 20.2 Å². The third-order valence-electron chi connectivity index (χ3n) is 1.66. The van der Waals surface area contributed by atoms with Gasteiger partial charge >= 0.3 is 0 Å². The standard InChI is InChI=1S/C9H9N.C2H7N/c1-7-6-8-4-2-3-5-9(8)10-7;1-3-2/h2-6,10H,1H3;3H,1-2H3. The lowest BCUT2D eigenvalue weighted by atomic mass is 10.2. The number of benzene rings is 1. The van der Waals surface area contributed by atoms with Crippen molar-refractivity contribution in [2.45, 2.75) is 6.92 Å². The Kier molecular flexibility index (Phi) is 3.53. The van der Waals surface area contributed by atoms with Gasteiger partial charge in [0.1, 0.15) is 0 Å². The van der Waals surface area contributed by atoms with Crippen molar-refractivity contribution in [3.05, 3.63) is 36.0 Å². The second-order valence-corrected chi connectivity index (χ2v) is 3.04. The van der Waals surface area contributed by atoms with Crippen LogP contribution in [0.5, 0.6) is 0 Å². The monoisotopic (exact) mass is 176 g/mol. The molecule has 70 valence electrons. The molecule has 1 aromatic carbocycles. The van der Waals surface area contributed by atoms with Gasteiger partial charge in [0, 0.05) is 11.2 Å². The fraction of sp³-hybridized carbons (Fsp3) is 0.273. The number of hydrogen-bond donors (Lipinski definition) is 2. The summed E-state index contributed by atoms with van der Waals surface area (Å²) in [6, 6.07) is 10.4. The molecule has 0 bridgehead atoms. The number of fused-ring (bicyclic) bond motifs is 1. The van der Waals surface area contributed by atoms with E-state index >= 15 is 0 Å². The predicted octanol–water partition coefficient (Wildman–Crippen LogP) is 2.31. The number of aryl methyl sites for hydroxylation is 1. The Labute approximate surface area is 79.0 Å². The Hall–Kier alpha value is -1.28. The van der Waals surface area contributed by atoms with Gasteiger partial charge in [-0.05, 0) is 38.5 Å². The lowest BCUT2D eigenvalue weighted by molar-refractivity contribution is 1.02. The molecule has 2 N–H and O–H groups in total. The highest BCUT2D eigenvalue weighted by molar-refractivity contribution is 5.79. The molecule has 0 aliphatic carbocycles. The van der Waals surface area contributed by atoms with Crippen LogP contribution < -0.4 is 5.32 Å². The Bertz CT molecular complexity index is 330. The number of hydrogen-bond acceptors (Lipinski definition) is 1. The summed E-state index contributed by atoms with van der Waals surface area (Å²) in [5.41, 5.74) is 2.45. The van der Waals surface area contributed by atoms with Crippen molar-refractivity contribution in [3.8, 4) is 0 Å². The van der Waals surface area contributed by atoms with Crippen LogP contribution in [-0.4, -0.2) is 19.1 Å². The molecule has 0 saturated heterocycles. The molecule has 0 radical (unpaired) electrons. The van der Waals surface area contributed by atoms with Gasteiger partial charge in [-0.1, -0.05) is 18.2 Å². The van der Waals surface area contributed by atoms with Crippen molar-refractivity contribution in [3.63, 3.8) is 0 Å². The summed E-state index contributed by atoms with van der Waals surface area (Å²) in [4.78, 5) is 3.26. The summed E-state index contributed by atoms with van der Waals surface area (Å²) < 4.78 is 0. The summed E-state index contributed by atoms with van der Waals surface area (Å²) in [7, 11) is 3.75. The van der Waals surface area contributed by atoms with Crippen molar-refractivity contribution >= 4 is 10.9 Å². The van der Waals surface area contributed by atoms with E-state index in [0.29, 0.717) is 0 Å². The van der Waals surface area contributed by atoms with E-state index < -0.39 is 0 Å². The third-order valence-corrected chi connectivity index (χ3v) is 1.66. The van der Waals surface area contributed by atoms with Crippen LogP contribution in [0.15, 0.2) is 30.3 Å². The molecule has 0 fully saturated rings. The largest absolute Gasteiger partial charge is 0.359 e. The van der Waals surface area contributed by atoms with Crippen LogP contribution >= 0.6 is 0 Å². The minimum atomic E-state index is 1.22. The smallest absolute Gasteiger partial charge is 0.0455 e. The van der Waals surface area contributed by atoms with E-state index in [1.54, 1.807) is 0 Å². The van der Waals surface area contributed by atoms with Crippen LogP contribution in [0.1, 0.15) is 5.69 Å². The summed E-state index contributed by atoms with van der Waals surface area (Å²) in [5.74, 6) is 0.